The highest BCUT2D eigenvalue weighted by Crippen LogP contribution is 2.31. The van der Waals surface area contributed by atoms with Gasteiger partial charge >= 0.3 is 6.03 Å². The number of nitrogens with one attached hydrogen (secondary N) is 1. The number of amides is 1. The van der Waals surface area contributed by atoms with Gasteiger partial charge in [0.25, 0.3) is 0 Å². The average Bonchev–Trinajstić information content (AvgIpc) is 3.18. The van der Waals surface area contributed by atoms with Crippen LogP contribution in [0.1, 0.15) is 13.3 Å². The van der Waals surface area contributed by atoms with E-state index in [-0.39, 0.29) is 16.7 Å². The monoisotopic (exact) mass is 418 g/mol. The van der Waals surface area contributed by atoms with Gasteiger partial charge in [-0.3, -0.25) is 4.57 Å². The molecule has 5 nitrogen and oxygen atoms in total. The molecule has 0 saturated heterocycles. The summed E-state index contributed by atoms with van der Waals surface area (Å²) < 4.78 is 26.7. The Kier molecular flexibility index (Phi) is 5.42. The Bertz CT molecular complexity index is 1310. The Hall–Kier alpha value is -3.38. The number of aromatic nitrogens is 1. The summed E-state index contributed by atoms with van der Waals surface area (Å²) in [5, 5.41) is 3.87. The predicted molar refractivity (Wildman–Crippen MR) is 121 cm³/mol. The number of rotatable bonds is 5. The lowest BCUT2D eigenvalue weighted by Gasteiger charge is -2.14. The van der Waals surface area contributed by atoms with E-state index in [2.05, 4.69) is 5.32 Å². The fourth-order valence-electron chi connectivity index (χ4n) is 3.51. The van der Waals surface area contributed by atoms with Gasteiger partial charge in [-0.05, 0) is 36.2 Å². The standard InChI is InChI=1S/C24H22N2O3S/c1-2-16-30(28,29)20-12-13-21(18-8-4-3-5-9-18)22(17-20)25-24(27)26-15-14-19-10-6-7-11-23(19)26/h3-15,17H,2,16H2,1H3,(H,25,27). The Balaban J connectivity index is 1.78. The van der Waals surface area contributed by atoms with Crippen molar-refractivity contribution in [1.29, 1.82) is 0 Å². The van der Waals surface area contributed by atoms with E-state index in [1.54, 1.807) is 24.4 Å². The van der Waals surface area contributed by atoms with E-state index in [1.165, 1.54) is 4.57 Å². The fourth-order valence-corrected chi connectivity index (χ4v) is 4.86. The van der Waals surface area contributed by atoms with Crippen molar-refractivity contribution in [2.24, 2.45) is 0 Å². The number of carbonyl (C=O) groups excluding carboxylic acids is 1. The summed E-state index contributed by atoms with van der Waals surface area (Å²) >= 11 is 0. The molecule has 0 unspecified atom stereocenters. The number of hydrogen-bond donors (Lipinski definition) is 1. The van der Waals surface area contributed by atoms with Crippen molar-refractivity contribution in [2.75, 3.05) is 11.1 Å². The molecule has 1 N–H and O–H groups in total. The van der Waals surface area contributed by atoms with Crippen LogP contribution in [-0.2, 0) is 9.84 Å². The first-order valence-electron chi connectivity index (χ1n) is 9.79. The maximum Gasteiger partial charge on any atom is 0.330 e. The molecule has 1 amide bonds. The Labute approximate surface area is 175 Å². The molecule has 0 aliphatic heterocycles. The molecule has 0 fully saturated rings. The number of fused-ring (bicyclic) bond motifs is 1. The Morgan fingerprint density at radius 2 is 1.67 bits per heavy atom. The van der Waals surface area contributed by atoms with Crippen LogP contribution in [0.2, 0.25) is 0 Å². The molecule has 30 heavy (non-hydrogen) atoms. The number of benzene rings is 3. The quantitative estimate of drug-likeness (QED) is 0.460. The number of nitrogens with zero attached hydrogens (tertiary/aromatic N) is 1. The minimum absolute atomic E-state index is 0.0628. The summed E-state index contributed by atoms with van der Waals surface area (Å²) in [7, 11) is -3.41. The molecule has 0 aliphatic rings. The van der Waals surface area contributed by atoms with Crippen LogP contribution in [0.5, 0.6) is 0 Å². The topological polar surface area (TPSA) is 68.2 Å². The molecule has 1 aromatic heterocycles. The molecule has 0 bridgehead atoms. The van der Waals surface area contributed by atoms with Crippen molar-refractivity contribution >= 4 is 32.5 Å². The second-order valence-corrected chi connectivity index (χ2v) is 9.18. The average molecular weight is 419 g/mol. The van der Waals surface area contributed by atoms with E-state index in [4.69, 9.17) is 0 Å². The first kappa shape index (κ1) is 19.9. The largest absolute Gasteiger partial charge is 0.330 e. The maximum absolute atomic E-state index is 13.1. The molecule has 4 rings (SSSR count). The second kappa shape index (κ2) is 8.16. The zero-order chi connectivity index (χ0) is 21.1. The van der Waals surface area contributed by atoms with E-state index < -0.39 is 9.84 Å². The zero-order valence-electron chi connectivity index (χ0n) is 16.6. The van der Waals surface area contributed by atoms with Gasteiger partial charge < -0.3 is 5.32 Å². The molecule has 0 aliphatic carbocycles. The van der Waals surface area contributed by atoms with E-state index in [0.717, 1.165) is 22.0 Å². The van der Waals surface area contributed by atoms with E-state index in [0.29, 0.717) is 12.1 Å². The van der Waals surface area contributed by atoms with Crippen molar-refractivity contribution in [1.82, 2.24) is 4.57 Å². The number of hydrogen-bond acceptors (Lipinski definition) is 3. The van der Waals surface area contributed by atoms with Crippen molar-refractivity contribution in [3.8, 4) is 11.1 Å². The van der Waals surface area contributed by atoms with Crippen molar-refractivity contribution in [3.05, 3.63) is 85.1 Å². The highest BCUT2D eigenvalue weighted by molar-refractivity contribution is 7.91. The summed E-state index contributed by atoms with van der Waals surface area (Å²) in [6.07, 6.45) is 2.24. The van der Waals surface area contributed by atoms with Gasteiger partial charge in [-0.2, -0.15) is 0 Å². The molecule has 0 radical (unpaired) electrons. The third-order valence-electron chi connectivity index (χ3n) is 4.97. The zero-order valence-corrected chi connectivity index (χ0v) is 17.4. The van der Waals surface area contributed by atoms with Crippen LogP contribution >= 0.6 is 0 Å². The highest BCUT2D eigenvalue weighted by Gasteiger charge is 2.18. The highest BCUT2D eigenvalue weighted by atomic mass is 32.2. The van der Waals surface area contributed by atoms with Crippen LogP contribution in [0, 0.1) is 0 Å². The van der Waals surface area contributed by atoms with Crippen LogP contribution in [0.4, 0.5) is 10.5 Å². The molecular weight excluding hydrogens is 396 g/mol. The predicted octanol–water partition coefficient (Wildman–Crippen LogP) is 5.57. The summed E-state index contributed by atoms with van der Waals surface area (Å²) in [6.45, 7) is 1.83. The normalized spacial score (nSPS) is 11.5. The van der Waals surface area contributed by atoms with Gasteiger partial charge in [0.1, 0.15) is 0 Å². The summed E-state index contributed by atoms with van der Waals surface area (Å²) in [4.78, 5) is 13.3. The van der Waals surface area contributed by atoms with Crippen molar-refractivity contribution < 1.29 is 13.2 Å². The molecular formula is C24H22N2O3S. The lowest BCUT2D eigenvalue weighted by Crippen LogP contribution is -2.19. The molecule has 0 spiro atoms. The van der Waals surface area contributed by atoms with Gasteiger partial charge in [-0.1, -0.05) is 61.5 Å². The first-order valence-corrected chi connectivity index (χ1v) is 11.4. The molecule has 4 aromatic rings. The Morgan fingerprint density at radius 3 is 2.43 bits per heavy atom. The SMILES string of the molecule is CCCS(=O)(=O)c1ccc(-c2ccccc2)c(NC(=O)n2ccc3ccccc32)c1. The molecule has 6 heteroatoms. The summed E-state index contributed by atoms with van der Waals surface area (Å²) in [6, 6.07) is 23.6. The van der Waals surface area contributed by atoms with Gasteiger partial charge in [0, 0.05) is 17.1 Å². The third kappa shape index (κ3) is 3.86. The minimum atomic E-state index is -3.41. The molecule has 0 saturated carbocycles. The van der Waals surface area contributed by atoms with Crippen molar-refractivity contribution in [3.63, 3.8) is 0 Å². The van der Waals surface area contributed by atoms with Gasteiger partial charge in [0.05, 0.1) is 21.9 Å². The lowest BCUT2D eigenvalue weighted by molar-refractivity contribution is 0.254. The van der Waals surface area contributed by atoms with E-state index in [9.17, 15) is 13.2 Å². The minimum Gasteiger partial charge on any atom is -0.307 e. The van der Waals surface area contributed by atoms with Gasteiger partial charge in [0.15, 0.2) is 9.84 Å². The maximum atomic E-state index is 13.1. The van der Waals surface area contributed by atoms with Gasteiger partial charge in [0.2, 0.25) is 0 Å². The number of para-hydroxylation sites is 1. The number of carbonyl (C=O) groups is 1. The van der Waals surface area contributed by atoms with Crippen LogP contribution < -0.4 is 5.32 Å². The molecule has 3 aromatic carbocycles. The van der Waals surface area contributed by atoms with E-state index >= 15 is 0 Å². The second-order valence-electron chi connectivity index (χ2n) is 7.07. The number of anilines is 1. The van der Waals surface area contributed by atoms with Crippen LogP contribution in [0.15, 0.2) is 90.0 Å². The molecule has 0 atom stereocenters. The summed E-state index contributed by atoms with van der Waals surface area (Å²) in [5.41, 5.74) is 2.90. The first-order chi connectivity index (χ1) is 14.5. The van der Waals surface area contributed by atoms with Crippen LogP contribution in [0.25, 0.3) is 22.0 Å². The van der Waals surface area contributed by atoms with Gasteiger partial charge in [-0.15, -0.1) is 0 Å². The van der Waals surface area contributed by atoms with E-state index in [1.807, 2.05) is 67.6 Å². The fraction of sp³-hybridized carbons (Fsp3) is 0.125. The number of sulfone groups is 1. The van der Waals surface area contributed by atoms with Crippen LogP contribution in [-0.4, -0.2) is 24.8 Å². The van der Waals surface area contributed by atoms with Crippen LogP contribution in [0.3, 0.4) is 0 Å². The van der Waals surface area contributed by atoms with Gasteiger partial charge in [-0.25, -0.2) is 13.2 Å². The summed E-state index contributed by atoms with van der Waals surface area (Å²) in [5.74, 6) is 0.0628. The molecule has 1 heterocycles. The Morgan fingerprint density at radius 1 is 0.933 bits per heavy atom. The van der Waals surface area contributed by atoms with Crippen molar-refractivity contribution in [2.45, 2.75) is 18.2 Å². The third-order valence-corrected chi connectivity index (χ3v) is 6.89. The molecule has 152 valence electrons. The lowest BCUT2D eigenvalue weighted by atomic mass is 10.0. The smallest absolute Gasteiger partial charge is 0.307 e.